The van der Waals surface area contributed by atoms with Gasteiger partial charge in [-0.25, -0.2) is 0 Å². The summed E-state index contributed by atoms with van der Waals surface area (Å²) in [5.74, 6) is -1.74. The molecule has 1 fully saturated rings. The van der Waals surface area contributed by atoms with Gasteiger partial charge in [0.1, 0.15) is 18.1 Å². The Hall–Kier alpha value is -3.00. The molecule has 182 valence electrons. The molecule has 1 aliphatic rings. The summed E-state index contributed by atoms with van der Waals surface area (Å²) in [5, 5.41) is 5.74. The SMILES string of the molecule is Cc1ccc(NC(=O)CS(=O)CC(=O)N(CC(=O)NC2CCCCC2)c2ccccc2C)cc1. The van der Waals surface area contributed by atoms with Crippen LogP contribution in [0.5, 0.6) is 0 Å². The first-order valence-corrected chi connectivity index (χ1v) is 13.2. The molecule has 0 heterocycles. The summed E-state index contributed by atoms with van der Waals surface area (Å²) in [4.78, 5) is 39.6. The first kappa shape index (κ1) is 25.6. The van der Waals surface area contributed by atoms with Gasteiger partial charge in [0.15, 0.2) is 0 Å². The zero-order valence-corrected chi connectivity index (χ0v) is 20.7. The Bertz CT molecular complexity index is 1030. The fourth-order valence-electron chi connectivity index (χ4n) is 4.08. The summed E-state index contributed by atoms with van der Waals surface area (Å²) in [6.07, 6.45) is 5.27. The standard InChI is InChI=1S/C26H33N3O4S/c1-19-12-14-22(15-13-19)28-25(31)17-34(33)18-26(32)29(23-11-7-6-8-20(23)2)16-24(30)27-21-9-4-3-5-10-21/h6-8,11-15,21H,3-5,9-10,16-18H2,1-2H3,(H,27,30)(H,28,31). The number of para-hydroxylation sites is 1. The molecule has 0 bridgehead atoms. The molecular formula is C26H33N3O4S. The molecule has 0 saturated heterocycles. The minimum Gasteiger partial charge on any atom is -0.352 e. The Morgan fingerprint density at radius 3 is 2.26 bits per heavy atom. The van der Waals surface area contributed by atoms with Crippen molar-refractivity contribution in [2.45, 2.75) is 52.0 Å². The number of benzene rings is 2. The number of rotatable bonds is 9. The summed E-state index contributed by atoms with van der Waals surface area (Å²) in [7, 11) is -1.72. The number of hydrogen-bond donors (Lipinski definition) is 2. The average molecular weight is 484 g/mol. The third kappa shape index (κ3) is 7.80. The summed E-state index contributed by atoms with van der Waals surface area (Å²) in [5.41, 5.74) is 3.12. The average Bonchev–Trinajstić information content (AvgIpc) is 2.80. The topological polar surface area (TPSA) is 95.6 Å². The van der Waals surface area contributed by atoms with Gasteiger partial charge in [-0.2, -0.15) is 0 Å². The van der Waals surface area contributed by atoms with Gasteiger partial charge < -0.3 is 15.5 Å². The molecule has 1 saturated carbocycles. The maximum atomic E-state index is 13.1. The van der Waals surface area contributed by atoms with Gasteiger partial charge in [0, 0.05) is 28.2 Å². The van der Waals surface area contributed by atoms with Crippen molar-refractivity contribution in [1.29, 1.82) is 0 Å². The molecule has 2 aromatic carbocycles. The van der Waals surface area contributed by atoms with E-state index in [1.54, 1.807) is 24.3 Å². The molecule has 0 aromatic heterocycles. The van der Waals surface area contributed by atoms with Crippen molar-refractivity contribution in [2.75, 3.05) is 28.3 Å². The van der Waals surface area contributed by atoms with Crippen LogP contribution in [0.25, 0.3) is 0 Å². The Balaban J connectivity index is 1.62. The van der Waals surface area contributed by atoms with Gasteiger partial charge in [-0.15, -0.1) is 0 Å². The number of amides is 3. The maximum Gasteiger partial charge on any atom is 0.240 e. The smallest absolute Gasteiger partial charge is 0.240 e. The van der Waals surface area contributed by atoms with E-state index in [-0.39, 0.29) is 30.0 Å². The van der Waals surface area contributed by atoms with Gasteiger partial charge >= 0.3 is 0 Å². The van der Waals surface area contributed by atoms with Gasteiger partial charge in [0.05, 0.1) is 0 Å². The Morgan fingerprint density at radius 2 is 1.59 bits per heavy atom. The molecule has 3 rings (SSSR count). The van der Waals surface area contributed by atoms with Crippen LogP contribution in [0.4, 0.5) is 11.4 Å². The Morgan fingerprint density at radius 1 is 0.912 bits per heavy atom. The van der Waals surface area contributed by atoms with E-state index in [1.165, 1.54) is 11.3 Å². The summed E-state index contributed by atoms with van der Waals surface area (Å²) in [6, 6.07) is 14.7. The zero-order valence-electron chi connectivity index (χ0n) is 19.8. The van der Waals surface area contributed by atoms with Gasteiger partial charge in [-0.1, -0.05) is 55.2 Å². The van der Waals surface area contributed by atoms with E-state index in [1.807, 2.05) is 38.1 Å². The number of nitrogens with zero attached hydrogens (tertiary/aromatic N) is 1. The first-order valence-electron chi connectivity index (χ1n) is 11.7. The molecule has 34 heavy (non-hydrogen) atoms. The first-order chi connectivity index (χ1) is 16.3. The van der Waals surface area contributed by atoms with Crippen molar-refractivity contribution < 1.29 is 18.6 Å². The van der Waals surface area contributed by atoms with Crippen molar-refractivity contribution in [1.82, 2.24) is 5.32 Å². The number of hydrogen-bond acceptors (Lipinski definition) is 4. The second-order valence-corrected chi connectivity index (χ2v) is 10.3. The van der Waals surface area contributed by atoms with E-state index in [4.69, 9.17) is 0 Å². The number of carbonyl (C=O) groups excluding carboxylic acids is 3. The summed E-state index contributed by atoms with van der Waals surface area (Å²) >= 11 is 0. The summed E-state index contributed by atoms with van der Waals surface area (Å²) in [6.45, 7) is 3.66. The van der Waals surface area contributed by atoms with Crippen LogP contribution in [0.3, 0.4) is 0 Å². The third-order valence-corrected chi connectivity index (χ3v) is 7.04. The monoisotopic (exact) mass is 483 g/mol. The molecule has 7 nitrogen and oxygen atoms in total. The van der Waals surface area contributed by atoms with Crippen LogP contribution in [-0.4, -0.2) is 46.0 Å². The van der Waals surface area contributed by atoms with Crippen LogP contribution in [-0.2, 0) is 25.2 Å². The lowest BCUT2D eigenvalue weighted by molar-refractivity contribution is -0.123. The number of carbonyl (C=O) groups is 3. The van der Waals surface area contributed by atoms with Crippen LogP contribution >= 0.6 is 0 Å². The van der Waals surface area contributed by atoms with E-state index in [0.29, 0.717) is 11.4 Å². The van der Waals surface area contributed by atoms with Crippen LogP contribution < -0.4 is 15.5 Å². The van der Waals surface area contributed by atoms with Gasteiger partial charge in [-0.05, 0) is 50.5 Å². The van der Waals surface area contributed by atoms with Gasteiger partial charge in [-0.3, -0.25) is 18.6 Å². The quantitative estimate of drug-likeness (QED) is 0.571. The Labute approximate surface area is 203 Å². The van der Waals surface area contributed by atoms with Crippen LogP contribution in [0, 0.1) is 13.8 Å². The minimum absolute atomic E-state index is 0.134. The fraction of sp³-hybridized carbons (Fsp3) is 0.423. The number of anilines is 2. The van der Waals surface area contributed by atoms with Gasteiger partial charge in [0.25, 0.3) is 0 Å². The lowest BCUT2D eigenvalue weighted by Crippen LogP contribution is -2.46. The number of aryl methyl sites for hydroxylation is 2. The third-order valence-electron chi connectivity index (χ3n) is 5.89. The fourth-order valence-corrected chi connectivity index (χ4v) is 4.98. The van der Waals surface area contributed by atoms with Crippen molar-refractivity contribution >= 4 is 39.9 Å². The second-order valence-electron chi connectivity index (χ2n) is 8.81. The highest BCUT2D eigenvalue weighted by atomic mass is 32.2. The lowest BCUT2D eigenvalue weighted by Gasteiger charge is -2.27. The van der Waals surface area contributed by atoms with Crippen molar-refractivity contribution in [2.24, 2.45) is 0 Å². The highest BCUT2D eigenvalue weighted by molar-refractivity contribution is 7.86. The highest BCUT2D eigenvalue weighted by Gasteiger charge is 2.25. The minimum atomic E-state index is -1.72. The molecule has 0 spiro atoms. The second kappa shape index (κ2) is 12.5. The predicted octanol–water partition coefficient (Wildman–Crippen LogP) is 3.47. The van der Waals surface area contributed by atoms with Crippen molar-refractivity contribution in [3.05, 3.63) is 59.7 Å². The van der Waals surface area contributed by atoms with E-state index < -0.39 is 22.6 Å². The van der Waals surface area contributed by atoms with Crippen molar-refractivity contribution in [3.63, 3.8) is 0 Å². The Kier molecular flexibility index (Phi) is 9.39. The van der Waals surface area contributed by atoms with Crippen LogP contribution in [0.2, 0.25) is 0 Å². The van der Waals surface area contributed by atoms with Gasteiger partial charge in [0.2, 0.25) is 17.7 Å². The molecule has 0 aliphatic heterocycles. The maximum absolute atomic E-state index is 13.1. The molecule has 1 unspecified atom stereocenters. The normalized spacial score (nSPS) is 14.8. The largest absolute Gasteiger partial charge is 0.352 e. The van der Waals surface area contributed by atoms with E-state index in [2.05, 4.69) is 10.6 Å². The van der Waals surface area contributed by atoms with Crippen LogP contribution in [0.1, 0.15) is 43.2 Å². The van der Waals surface area contributed by atoms with E-state index in [0.717, 1.165) is 36.8 Å². The molecule has 2 aromatic rings. The lowest BCUT2D eigenvalue weighted by atomic mass is 9.95. The molecule has 1 atom stereocenters. The summed E-state index contributed by atoms with van der Waals surface area (Å²) < 4.78 is 12.6. The predicted molar refractivity (Wildman–Crippen MR) is 136 cm³/mol. The molecule has 1 aliphatic carbocycles. The van der Waals surface area contributed by atoms with E-state index in [9.17, 15) is 18.6 Å². The molecule has 8 heteroatoms. The molecule has 2 N–H and O–H groups in total. The number of nitrogens with one attached hydrogen (secondary N) is 2. The molecule has 0 radical (unpaired) electrons. The highest BCUT2D eigenvalue weighted by Crippen LogP contribution is 2.21. The zero-order chi connectivity index (χ0) is 24.5. The molecule has 3 amide bonds. The molecular weight excluding hydrogens is 450 g/mol. The van der Waals surface area contributed by atoms with Crippen LogP contribution in [0.15, 0.2) is 48.5 Å². The van der Waals surface area contributed by atoms with Crippen molar-refractivity contribution in [3.8, 4) is 0 Å². The van der Waals surface area contributed by atoms with E-state index >= 15 is 0 Å².